The van der Waals surface area contributed by atoms with Gasteiger partial charge in [-0.15, -0.1) is 0 Å². The van der Waals surface area contributed by atoms with Gasteiger partial charge in [-0.2, -0.15) is 0 Å². The number of nitrogens with zero attached hydrogens (tertiary/aromatic N) is 1. The summed E-state index contributed by atoms with van der Waals surface area (Å²) in [5, 5.41) is 0. The summed E-state index contributed by atoms with van der Waals surface area (Å²) >= 11 is 0. The van der Waals surface area contributed by atoms with Crippen molar-refractivity contribution in [3.63, 3.8) is 0 Å². The molecule has 1 aliphatic carbocycles. The molecule has 0 saturated carbocycles. The van der Waals surface area contributed by atoms with Gasteiger partial charge in [0.15, 0.2) is 0 Å². The van der Waals surface area contributed by atoms with Gasteiger partial charge in [0.25, 0.3) is 0 Å². The number of aryl methyl sites for hydroxylation is 5. The molecule has 5 aromatic carbocycles. The standard InChI is InChI=1S/C45H47N/c1-31-11-7-15-37(23-31)29-40(39-16-8-12-32(2)24-39)30-38-19-21-44(35(5)27-38)45-22-20-43(28-36(45)6)46(41-17-9-13-33(3)25-41)42-18-10-14-34(4)26-42/h7-13,15-28,34,40H,14,29-30H2,1-6H3. The Bertz CT molecular complexity index is 1900. The normalized spacial score (nSPS) is 15.0. The van der Waals surface area contributed by atoms with Crippen LogP contribution in [0.5, 0.6) is 0 Å². The van der Waals surface area contributed by atoms with Crippen LogP contribution in [-0.4, -0.2) is 0 Å². The Morgan fingerprint density at radius 3 is 1.87 bits per heavy atom. The van der Waals surface area contributed by atoms with Crippen molar-refractivity contribution in [3.8, 4) is 11.1 Å². The molecular weight excluding hydrogens is 555 g/mol. The lowest BCUT2D eigenvalue weighted by atomic mass is 9.85. The minimum Gasteiger partial charge on any atom is -0.311 e. The number of allylic oxidation sites excluding steroid dienone is 3. The summed E-state index contributed by atoms with van der Waals surface area (Å²) in [7, 11) is 0. The summed E-state index contributed by atoms with van der Waals surface area (Å²) in [6.45, 7) is 13.4. The van der Waals surface area contributed by atoms with Crippen LogP contribution < -0.4 is 4.90 Å². The van der Waals surface area contributed by atoms with Crippen molar-refractivity contribution in [2.75, 3.05) is 4.90 Å². The van der Waals surface area contributed by atoms with Gasteiger partial charge in [0.05, 0.1) is 0 Å². The molecule has 46 heavy (non-hydrogen) atoms. The predicted molar refractivity (Wildman–Crippen MR) is 198 cm³/mol. The second kappa shape index (κ2) is 13.8. The van der Waals surface area contributed by atoms with E-state index < -0.39 is 0 Å². The first-order valence-electron chi connectivity index (χ1n) is 16.8. The second-order valence-electron chi connectivity index (χ2n) is 13.5. The van der Waals surface area contributed by atoms with E-state index in [1.165, 1.54) is 72.7 Å². The molecular formula is C45H47N. The van der Waals surface area contributed by atoms with E-state index in [-0.39, 0.29) is 0 Å². The summed E-state index contributed by atoms with van der Waals surface area (Å²) in [5.41, 5.74) is 17.0. The van der Waals surface area contributed by atoms with Gasteiger partial charge in [0.1, 0.15) is 0 Å². The lowest BCUT2D eigenvalue weighted by Gasteiger charge is -2.29. The molecule has 0 fully saturated rings. The first kappa shape index (κ1) is 31.4. The van der Waals surface area contributed by atoms with Crippen LogP contribution in [0, 0.1) is 40.5 Å². The third kappa shape index (κ3) is 7.26. The smallest absolute Gasteiger partial charge is 0.0464 e. The maximum Gasteiger partial charge on any atom is 0.0464 e. The fraction of sp³-hybridized carbons (Fsp3) is 0.244. The van der Waals surface area contributed by atoms with Crippen molar-refractivity contribution in [2.45, 2.75) is 66.7 Å². The average molecular weight is 602 g/mol. The molecule has 1 aliphatic rings. The van der Waals surface area contributed by atoms with E-state index in [0.29, 0.717) is 11.8 Å². The summed E-state index contributed by atoms with van der Waals surface area (Å²) < 4.78 is 0. The Labute approximate surface area is 277 Å². The van der Waals surface area contributed by atoms with Crippen LogP contribution in [0.3, 0.4) is 0 Å². The van der Waals surface area contributed by atoms with Gasteiger partial charge in [0, 0.05) is 17.1 Å². The molecule has 5 aromatic rings. The Morgan fingerprint density at radius 2 is 1.22 bits per heavy atom. The van der Waals surface area contributed by atoms with E-state index in [2.05, 4.69) is 174 Å². The van der Waals surface area contributed by atoms with Crippen molar-refractivity contribution in [3.05, 3.63) is 178 Å². The number of benzene rings is 5. The fourth-order valence-corrected chi connectivity index (χ4v) is 7.07. The average Bonchev–Trinajstić information content (AvgIpc) is 3.02. The maximum atomic E-state index is 2.42. The molecule has 0 N–H and O–H groups in total. The predicted octanol–water partition coefficient (Wildman–Crippen LogP) is 12.1. The monoisotopic (exact) mass is 601 g/mol. The van der Waals surface area contributed by atoms with Crippen LogP contribution in [-0.2, 0) is 12.8 Å². The van der Waals surface area contributed by atoms with Crippen molar-refractivity contribution in [2.24, 2.45) is 5.92 Å². The van der Waals surface area contributed by atoms with Gasteiger partial charge in [0.2, 0.25) is 0 Å². The summed E-state index contributed by atoms with van der Waals surface area (Å²) in [4.78, 5) is 2.41. The van der Waals surface area contributed by atoms with Gasteiger partial charge in [-0.05, 0) is 141 Å². The highest BCUT2D eigenvalue weighted by Gasteiger charge is 2.19. The van der Waals surface area contributed by atoms with Crippen molar-refractivity contribution < 1.29 is 0 Å². The number of anilines is 2. The Hall–Kier alpha value is -4.62. The molecule has 1 heteroatoms. The van der Waals surface area contributed by atoms with Crippen molar-refractivity contribution >= 4 is 11.4 Å². The molecule has 0 spiro atoms. The molecule has 0 bridgehead atoms. The Morgan fingerprint density at radius 1 is 0.609 bits per heavy atom. The molecule has 0 radical (unpaired) electrons. The van der Waals surface area contributed by atoms with E-state index in [9.17, 15) is 0 Å². The molecule has 0 aliphatic heterocycles. The van der Waals surface area contributed by atoms with E-state index in [1.807, 2.05) is 0 Å². The minimum absolute atomic E-state index is 0.423. The third-order valence-electron chi connectivity index (χ3n) is 9.38. The lowest BCUT2D eigenvalue weighted by Crippen LogP contribution is -2.18. The lowest BCUT2D eigenvalue weighted by molar-refractivity contribution is 0.679. The van der Waals surface area contributed by atoms with Crippen molar-refractivity contribution in [1.29, 1.82) is 0 Å². The van der Waals surface area contributed by atoms with Crippen LogP contribution in [0.15, 0.2) is 133 Å². The van der Waals surface area contributed by atoms with Crippen LogP contribution in [0.1, 0.15) is 63.8 Å². The highest BCUT2D eigenvalue weighted by atomic mass is 15.1. The first-order valence-corrected chi connectivity index (χ1v) is 16.8. The molecule has 6 rings (SSSR count). The van der Waals surface area contributed by atoms with Crippen LogP contribution in [0.4, 0.5) is 11.4 Å². The number of rotatable bonds is 9. The zero-order chi connectivity index (χ0) is 32.2. The number of hydrogen-bond acceptors (Lipinski definition) is 1. The van der Waals surface area contributed by atoms with E-state index in [1.54, 1.807) is 0 Å². The topological polar surface area (TPSA) is 3.24 Å². The van der Waals surface area contributed by atoms with Gasteiger partial charge in [-0.25, -0.2) is 0 Å². The van der Waals surface area contributed by atoms with E-state index in [4.69, 9.17) is 0 Å². The van der Waals surface area contributed by atoms with Gasteiger partial charge < -0.3 is 4.90 Å². The van der Waals surface area contributed by atoms with Gasteiger partial charge >= 0.3 is 0 Å². The first-order chi connectivity index (χ1) is 22.2. The third-order valence-corrected chi connectivity index (χ3v) is 9.38. The highest BCUT2D eigenvalue weighted by molar-refractivity contribution is 5.77. The molecule has 0 saturated heterocycles. The molecule has 2 atom stereocenters. The summed E-state index contributed by atoms with van der Waals surface area (Å²) in [6, 6.07) is 41.0. The molecule has 0 aromatic heterocycles. The molecule has 2 unspecified atom stereocenters. The van der Waals surface area contributed by atoms with Gasteiger partial charge in [-0.1, -0.05) is 115 Å². The summed E-state index contributed by atoms with van der Waals surface area (Å²) in [5.74, 6) is 0.947. The maximum absolute atomic E-state index is 2.42. The molecule has 0 heterocycles. The molecule has 232 valence electrons. The Kier molecular flexibility index (Phi) is 9.41. The summed E-state index contributed by atoms with van der Waals surface area (Å²) in [6.07, 6.45) is 10.1. The zero-order valence-electron chi connectivity index (χ0n) is 28.3. The number of hydrogen-bond donors (Lipinski definition) is 0. The highest BCUT2D eigenvalue weighted by Crippen LogP contribution is 2.37. The largest absolute Gasteiger partial charge is 0.311 e. The van der Waals surface area contributed by atoms with Gasteiger partial charge in [-0.3, -0.25) is 0 Å². The molecule has 0 amide bonds. The van der Waals surface area contributed by atoms with Crippen LogP contribution in [0.25, 0.3) is 11.1 Å². The molecule has 1 nitrogen and oxygen atoms in total. The van der Waals surface area contributed by atoms with E-state index >= 15 is 0 Å². The van der Waals surface area contributed by atoms with E-state index in [0.717, 1.165) is 19.3 Å². The van der Waals surface area contributed by atoms with Crippen LogP contribution in [0.2, 0.25) is 0 Å². The van der Waals surface area contributed by atoms with Crippen LogP contribution >= 0.6 is 0 Å². The fourth-order valence-electron chi connectivity index (χ4n) is 7.07. The minimum atomic E-state index is 0.423. The zero-order valence-corrected chi connectivity index (χ0v) is 28.3. The second-order valence-corrected chi connectivity index (χ2v) is 13.5. The Balaban J connectivity index is 1.30. The van der Waals surface area contributed by atoms with Crippen molar-refractivity contribution in [1.82, 2.24) is 0 Å². The SMILES string of the molecule is Cc1cccc(CC(Cc2ccc(-c3ccc(N(C4=CC(C)CC=C4)c4cccc(C)c4)cc3C)c(C)c2)c2cccc(C)c2)c1. The quantitative estimate of drug-likeness (QED) is 0.162.